The fourth-order valence-corrected chi connectivity index (χ4v) is 2.11. The first-order chi connectivity index (χ1) is 7.58. The van der Waals surface area contributed by atoms with Gasteiger partial charge in [-0.05, 0) is 23.9 Å². The van der Waals surface area contributed by atoms with E-state index in [9.17, 15) is 4.79 Å². The lowest BCUT2D eigenvalue weighted by atomic mass is 10.3. The molecule has 16 heavy (non-hydrogen) atoms. The van der Waals surface area contributed by atoms with Crippen molar-refractivity contribution in [1.82, 2.24) is 0 Å². The molecule has 7 heteroatoms. The summed E-state index contributed by atoms with van der Waals surface area (Å²) in [6, 6.07) is 3.09. The van der Waals surface area contributed by atoms with Gasteiger partial charge in [0, 0.05) is 4.90 Å². The van der Waals surface area contributed by atoms with Gasteiger partial charge in [-0.15, -0.1) is 0 Å². The zero-order valence-electron chi connectivity index (χ0n) is 7.76. The molecule has 0 aliphatic carbocycles. The number of anilines is 1. The summed E-state index contributed by atoms with van der Waals surface area (Å²) in [4.78, 5) is 11.7. The van der Waals surface area contributed by atoms with Crippen molar-refractivity contribution in [3.8, 4) is 5.40 Å². The fourth-order valence-electron chi connectivity index (χ4n) is 0.935. The molecule has 0 saturated carbocycles. The molecular weight excluding hydrogens is 382 g/mol. The fraction of sp³-hybridized carbons (Fsp3) is 0.111. The van der Waals surface area contributed by atoms with Crippen LogP contribution in [0.4, 0.5) is 5.69 Å². The maximum atomic E-state index is 11.2. The van der Waals surface area contributed by atoms with E-state index in [1.807, 2.05) is 28.0 Å². The van der Waals surface area contributed by atoms with Crippen molar-refractivity contribution in [3.05, 3.63) is 22.2 Å². The summed E-state index contributed by atoms with van der Waals surface area (Å²) < 4.78 is 0.334. The number of rotatable bonds is 3. The summed E-state index contributed by atoms with van der Waals surface area (Å²) in [5, 5.41) is 13.8. The average molecular weight is 387 g/mol. The van der Waals surface area contributed by atoms with Gasteiger partial charge in [0.1, 0.15) is 5.40 Å². The van der Waals surface area contributed by atoms with Gasteiger partial charge in [-0.2, -0.15) is 5.26 Å². The van der Waals surface area contributed by atoms with Gasteiger partial charge < -0.3 is 5.32 Å². The van der Waals surface area contributed by atoms with E-state index in [4.69, 9.17) is 28.5 Å². The van der Waals surface area contributed by atoms with Crippen LogP contribution in [0.1, 0.15) is 0 Å². The molecule has 1 rings (SSSR count). The normalized spacial score (nSPS) is 9.62. The van der Waals surface area contributed by atoms with Crippen LogP contribution >= 0.6 is 57.6 Å². The van der Waals surface area contributed by atoms with E-state index in [0.29, 0.717) is 25.1 Å². The van der Waals surface area contributed by atoms with Crippen molar-refractivity contribution in [2.75, 3.05) is 9.74 Å². The standard InChI is InChI=1S/C9H5Cl2IN2OS/c10-5-2-8(16-4-13)6(11)1-7(5)14-9(15)3-12/h1-2H,3H2,(H,14,15). The van der Waals surface area contributed by atoms with E-state index in [2.05, 4.69) is 5.32 Å². The Labute approximate surface area is 121 Å². The van der Waals surface area contributed by atoms with E-state index in [0.717, 1.165) is 11.8 Å². The molecule has 0 aliphatic rings. The van der Waals surface area contributed by atoms with Crippen LogP contribution in [0.15, 0.2) is 17.0 Å². The Kier molecular flexibility index (Phi) is 5.69. The van der Waals surface area contributed by atoms with Gasteiger partial charge in [-0.25, -0.2) is 0 Å². The Hall–Kier alpha value is -0.160. The van der Waals surface area contributed by atoms with Gasteiger partial charge in [0.25, 0.3) is 0 Å². The van der Waals surface area contributed by atoms with Crippen LogP contribution < -0.4 is 5.32 Å². The SMILES string of the molecule is N#CSc1cc(Cl)c(NC(=O)CI)cc1Cl. The molecular formula is C9H5Cl2IN2OS. The molecule has 0 aromatic heterocycles. The molecule has 0 bridgehead atoms. The smallest absolute Gasteiger partial charge is 0.234 e. The second-order valence-electron chi connectivity index (χ2n) is 2.64. The molecule has 0 unspecified atom stereocenters. The highest BCUT2D eigenvalue weighted by molar-refractivity contribution is 14.1. The van der Waals surface area contributed by atoms with Crippen molar-refractivity contribution in [2.24, 2.45) is 0 Å². The minimum absolute atomic E-state index is 0.153. The summed E-state index contributed by atoms with van der Waals surface area (Å²) in [5.74, 6) is -0.153. The monoisotopic (exact) mass is 386 g/mol. The van der Waals surface area contributed by atoms with E-state index in [1.54, 1.807) is 6.07 Å². The largest absolute Gasteiger partial charge is 0.324 e. The van der Waals surface area contributed by atoms with Gasteiger partial charge in [0.05, 0.1) is 20.2 Å². The molecule has 0 heterocycles. The maximum absolute atomic E-state index is 11.2. The van der Waals surface area contributed by atoms with Crippen LogP contribution in [0.5, 0.6) is 0 Å². The summed E-state index contributed by atoms with van der Waals surface area (Å²) in [6.45, 7) is 0. The number of nitriles is 1. The number of hydrogen-bond donors (Lipinski definition) is 1. The molecule has 1 aromatic carbocycles. The molecule has 0 saturated heterocycles. The molecule has 1 amide bonds. The minimum atomic E-state index is -0.153. The molecule has 0 atom stereocenters. The molecule has 0 radical (unpaired) electrons. The first-order valence-corrected chi connectivity index (χ1v) is 7.09. The lowest BCUT2D eigenvalue weighted by molar-refractivity contribution is -0.113. The molecule has 1 N–H and O–H groups in total. The van der Waals surface area contributed by atoms with E-state index >= 15 is 0 Å². The van der Waals surface area contributed by atoms with Crippen LogP contribution in [0, 0.1) is 10.7 Å². The number of alkyl halides is 1. The van der Waals surface area contributed by atoms with Crippen molar-refractivity contribution in [1.29, 1.82) is 5.26 Å². The molecule has 0 fully saturated rings. The third kappa shape index (κ3) is 3.70. The summed E-state index contributed by atoms with van der Waals surface area (Å²) in [5.41, 5.74) is 0.454. The second-order valence-corrected chi connectivity index (χ2v) is 5.04. The second kappa shape index (κ2) is 6.55. The first kappa shape index (κ1) is 13.9. The molecule has 84 valence electrons. The third-order valence-electron chi connectivity index (χ3n) is 1.57. The zero-order chi connectivity index (χ0) is 12.1. The number of benzene rings is 1. The summed E-state index contributed by atoms with van der Waals surface area (Å²) >= 11 is 14.7. The van der Waals surface area contributed by atoms with Crippen LogP contribution in [0.3, 0.4) is 0 Å². The van der Waals surface area contributed by atoms with Crippen molar-refractivity contribution in [2.45, 2.75) is 4.90 Å². The average Bonchev–Trinajstić information content (AvgIpc) is 2.25. The van der Waals surface area contributed by atoms with Crippen LogP contribution in [-0.2, 0) is 4.79 Å². The summed E-state index contributed by atoms with van der Waals surface area (Å²) in [7, 11) is 0. The number of amides is 1. The number of thioether (sulfide) groups is 1. The predicted molar refractivity (Wildman–Crippen MR) is 75.4 cm³/mol. The Bertz CT molecular complexity index is 462. The lowest BCUT2D eigenvalue weighted by Gasteiger charge is -2.08. The van der Waals surface area contributed by atoms with E-state index < -0.39 is 0 Å². The molecule has 0 spiro atoms. The van der Waals surface area contributed by atoms with Gasteiger partial charge >= 0.3 is 0 Å². The zero-order valence-corrected chi connectivity index (χ0v) is 12.2. The number of nitrogens with one attached hydrogen (secondary N) is 1. The number of thiocyanates is 1. The lowest BCUT2D eigenvalue weighted by Crippen LogP contribution is -2.12. The maximum Gasteiger partial charge on any atom is 0.234 e. The predicted octanol–water partition coefficient (Wildman–Crippen LogP) is 3.94. The number of nitrogens with zero attached hydrogens (tertiary/aromatic N) is 1. The van der Waals surface area contributed by atoms with Crippen molar-refractivity contribution < 1.29 is 4.79 Å². The Morgan fingerprint density at radius 1 is 1.50 bits per heavy atom. The van der Waals surface area contributed by atoms with E-state index in [-0.39, 0.29) is 5.91 Å². The van der Waals surface area contributed by atoms with Crippen molar-refractivity contribution in [3.63, 3.8) is 0 Å². The number of hydrogen-bond acceptors (Lipinski definition) is 3. The van der Waals surface area contributed by atoms with Crippen LogP contribution in [-0.4, -0.2) is 10.3 Å². The number of carbonyl (C=O) groups excluding carboxylic acids is 1. The highest BCUT2D eigenvalue weighted by Crippen LogP contribution is 2.34. The minimum Gasteiger partial charge on any atom is -0.324 e. The van der Waals surface area contributed by atoms with Crippen LogP contribution in [0.2, 0.25) is 10.0 Å². The van der Waals surface area contributed by atoms with Gasteiger partial charge in [-0.1, -0.05) is 45.8 Å². The quantitative estimate of drug-likeness (QED) is 0.370. The third-order valence-corrected chi connectivity index (χ3v) is 3.65. The van der Waals surface area contributed by atoms with Crippen LogP contribution in [0.25, 0.3) is 0 Å². The Morgan fingerprint density at radius 2 is 2.19 bits per heavy atom. The summed E-state index contributed by atoms with van der Waals surface area (Å²) in [6.07, 6.45) is 0. The van der Waals surface area contributed by atoms with Gasteiger partial charge in [0.2, 0.25) is 5.91 Å². The number of halogens is 3. The molecule has 1 aromatic rings. The topological polar surface area (TPSA) is 52.9 Å². The van der Waals surface area contributed by atoms with Crippen molar-refractivity contribution >= 4 is 69.1 Å². The Morgan fingerprint density at radius 3 is 2.75 bits per heavy atom. The number of carbonyl (C=O) groups is 1. The molecule has 3 nitrogen and oxygen atoms in total. The highest BCUT2D eigenvalue weighted by atomic mass is 127. The van der Waals surface area contributed by atoms with Gasteiger partial charge in [-0.3, -0.25) is 4.79 Å². The highest BCUT2D eigenvalue weighted by Gasteiger charge is 2.09. The first-order valence-electron chi connectivity index (χ1n) is 3.99. The Balaban J connectivity index is 3.01. The van der Waals surface area contributed by atoms with E-state index in [1.165, 1.54) is 6.07 Å². The molecule has 0 aliphatic heterocycles. The van der Waals surface area contributed by atoms with Gasteiger partial charge in [0.15, 0.2) is 0 Å².